The molecule has 1 saturated carbocycles. The zero-order valence-electron chi connectivity index (χ0n) is 13.4. The molecule has 1 aliphatic heterocycles. The minimum Gasteiger partial charge on any atom is -0.384 e. The van der Waals surface area contributed by atoms with Crippen LogP contribution >= 0.6 is 0 Å². The third-order valence-electron chi connectivity index (χ3n) is 5.17. The fourth-order valence-corrected chi connectivity index (χ4v) is 3.95. The first-order valence-corrected chi connectivity index (χ1v) is 8.01. The van der Waals surface area contributed by atoms with Gasteiger partial charge in [0.25, 0.3) is 5.91 Å². The first kappa shape index (κ1) is 14.7. The SMILES string of the molecule is COC[C@@H]1[C@@H](NC(=O)c2ccc3c(c2)ncn3C)[C@@H]2CCO[C@H]12. The molecule has 1 aromatic heterocycles. The Labute approximate surface area is 134 Å². The lowest BCUT2D eigenvalue weighted by molar-refractivity contribution is -0.0809. The Morgan fingerprint density at radius 3 is 3.22 bits per heavy atom. The summed E-state index contributed by atoms with van der Waals surface area (Å²) in [5.41, 5.74) is 2.51. The number of ether oxygens (including phenoxy) is 2. The summed E-state index contributed by atoms with van der Waals surface area (Å²) >= 11 is 0. The van der Waals surface area contributed by atoms with Gasteiger partial charge in [0.1, 0.15) is 0 Å². The third kappa shape index (κ3) is 2.33. The Kier molecular flexibility index (Phi) is 3.58. The second-order valence-electron chi connectivity index (χ2n) is 6.47. The number of methoxy groups -OCH3 is 1. The Hall–Kier alpha value is -1.92. The standard InChI is InChI=1S/C17H21N3O3/c1-20-9-18-13-7-10(3-4-14(13)20)17(21)19-15-11-5-6-23-16(11)12(15)8-22-2/h3-4,7,9,11-12,15-16H,5-6,8H2,1-2H3,(H,19,21)/t11-,12+,15-,16-/m0/s1. The highest BCUT2D eigenvalue weighted by Gasteiger charge is 2.54. The molecule has 4 rings (SSSR count). The molecule has 1 amide bonds. The number of imidazole rings is 1. The Morgan fingerprint density at radius 2 is 2.39 bits per heavy atom. The van der Waals surface area contributed by atoms with Crippen molar-refractivity contribution in [1.82, 2.24) is 14.9 Å². The fraction of sp³-hybridized carbons (Fsp3) is 0.529. The van der Waals surface area contributed by atoms with Crippen molar-refractivity contribution < 1.29 is 14.3 Å². The zero-order valence-corrected chi connectivity index (χ0v) is 13.4. The van der Waals surface area contributed by atoms with Crippen LogP contribution in [0.4, 0.5) is 0 Å². The number of aromatic nitrogens is 2. The van der Waals surface area contributed by atoms with Crippen molar-refractivity contribution in [3.63, 3.8) is 0 Å². The second kappa shape index (κ2) is 5.62. The first-order valence-electron chi connectivity index (χ1n) is 8.01. The van der Waals surface area contributed by atoms with E-state index in [4.69, 9.17) is 9.47 Å². The highest BCUT2D eigenvalue weighted by atomic mass is 16.5. The number of carbonyl (C=O) groups excluding carboxylic acids is 1. The molecule has 2 aliphatic rings. The van der Waals surface area contributed by atoms with Gasteiger partial charge in [-0.1, -0.05) is 0 Å². The van der Waals surface area contributed by atoms with Crippen LogP contribution in [0.25, 0.3) is 11.0 Å². The van der Waals surface area contributed by atoms with Gasteiger partial charge in [-0.3, -0.25) is 4.79 Å². The van der Waals surface area contributed by atoms with Crippen LogP contribution in [-0.4, -0.2) is 47.9 Å². The highest BCUT2D eigenvalue weighted by molar-refractivity contribution is 5.97. The summed E-state index contributed by atoms with van der Waals surface area (Å²) in [7, 11) is 3.63. The van der Waals surface area contributed by atoms with Gasteiger partial charge >= 0.3 is 0 Å². The van der Waals surface area contributed by atoms with Crippen molar-refractivity contribution in [2.45, 2.75) is 18.6 Å². The predicted molar refractivity (Wildman–Crippen MR) is 85.2 cm³/mol. The Bertz CT molecular complexity index is 742. The lowest BCUT2D eigenvalue weighted by Crippen LogP contribution is -2.62. The van der Waals surface area contributed by atoms with Crippen molar-refractivity contribution in [1.29, 1.82) is 0 Å². The average Bonchev–Trinajstić information content (AvgIpc) is 3.14. The number of hydrogen-bond donors (Lipinski definition) is 1. The number of amides is 1. The summed E-state index contributed by atoms with van der Waals surface area (Å²) in [4.78, 5) is 16.9. The van der Waals surface area contributed by atoms with E-state index < -0.39 is 0 Å². The van der Waals surface area contributed by atoms with Gasteiger partial charge in [-0.2, -0.15) is 0 Å². The van der Waals surface area contributed by atoms with E-state index in [1.54, 1.807) is 13.4 Å². The molecule has 122 valence electrons. The summed E-state index contributed by atoms with van der Waals surface area (Å²) in [6, 6.07) is 5.77. The summed E-state index contributed by atoms with van der Waals surface area (Å²) in [5.74, 6) is 0.613. The van der Waals surface area contributed by atoms with Crippen molar-refractivity contribution in [2.75, 3.05) is 20.3 Å². The molecule has 6 heteroatoms. The number of rotatable bonds is 4. The summed E-state index contributed by atoms with van der Waals surface area (Å²) in [6.07, 6.45) is 3.00. The monoisotopic (exact) mass is 315 g/mol. The van der Waals surface area contributed by atoms with Crippen LogP contribution in [0.1, 0.15) is 16.8 Å². The average molecular weight is 315 g/mol. The van der Waals surface area contributed by atoms with Gasteiger partial charge in [-0.05, 0) is 24.6 Å². The van der Waals surface area contributed by atoms with Crippen LogP contribution in [0.15, 0.2) is 24.5 Å². The van der Waals surface area contributed by atoms with Crippen LogP contribution in [0.5, 0.6) is 0 Å². The van der Waals surface area contributed by atoms with Gasteiger partial charge in [0.05, 0.1) is 30.1 Å². The quantitative estimate of drug-likeness (QED) is 0.925. The van der Waals surface area contributed by atoms with E-state index in [2.05, 4.69) is 10.3 Å². The van der Waals surface area contributed by atoms with Crippen LogP contribution in [0.3, 0.4) is 0 Å². The number of fused-ring (bicyclic) bond motifs is 2. The van der Waals surface area contributed by atoms with E-state index >= 15 is 0 Å². The molecule has 0 bridgehead atoms. The van der Waals surface area contributed by atoms with Crippen LogP contribution < -0.4 is 5.32 Å². The van der Waals surface area contributed by atoms with Crippen molar-refractivity contribution in [2.24, 2.45) is 18.9 Å². The summed E-state index contributed by atoms with van der Waals surface area (Å²) in [5, 5.41) is 3.18. The molecule has 4 atom stereocenters. The van der Waals surface area contributed by atoms with Crippen LogP contribution in [0, 0.1) is 11.8 Å². The summed E-state index contributed by atoms with van der Waals surface area (Å²) in [6.45, 7) is 1.40. The molecule has 1 aromatic carbocycles. The summed E-state index contributed by atoms with van der Waals surface area (Å²) < 4.78 is 13.0. The molecule has 0 spiro atoms. The smallest absolute Gasteiger partial charge is 0.251 e. The van der Waals surface area contributed by atoms with E-state index in [0.717, 1.165) is 24.1 Å². The number of aryl methyl sites for hydroxylation is 1. The molecule has 2 aromatic rings. The maximum atomic E-state index is 12.6. The topological polar surface area (TPSA) is 65.4 Å². The van der Waals surface area contributed by atoms with Gasteiger partial charge in [-0.25, -0.2) is 4.98 Å². The van der Waals surface area contributed by atoms with Gasteiger partial charge < -0.3 is 19.4 Å². The molecular weight excluding hydrogens is 294 g/mol. The molecule has 1 N–H and O–H groups in total. The van der Waals surface area contributed by atoms with Crippen LogP contribution in [0.2, 0.25) is 0 Å². The first-order chi connectivity index (χ1) is 11.2. The lowest BCUT2D eigenvalue weighted by atomic mass is 9.67. The minimum atomic E-state index is -0.0472. The number of nitrogens with one attached hydrogen (secondary N) is 1. The number of benzene rings is 1. The van der Waals surface area contributed by atoms with E-state index in [1.165, 1.54) is 0 Å². The van der Waals surface area contributed by atoms with Crippen molar-refractivity contribution >= 4 is 16.9 Å². The minimum absolute atomic E-state index is 0.0472. The molecule has 6 nitrogen and oxygen atoms in total. The fourth-order valence-electron chi connectivity index (χ4n) is 3.95. The normalized spacial score (nSPS) is 29.3. The largest absolute Gasteiger partial charge is 0.384 e. The molecule has 2 heterocycles. The van der Waals surface area contributed by atoms with E-state index in [9.17, 15) is 4.79 Å². The van der Waals surface area contributed by atoms with Gasteiger partial charge in [-0.15, -0.1) is 0 Å². The molecule has 23 heavy (non-hydrogen) atoms. The van der Waals surface area contributed by atoms with E-state index in [-0.39, 0.29) is 24.0 Å². The van der Waals surface area contributed by atoms with E-state index in [0.29, 0.717) is 18.1 Å². The van der Waals surface area contributed by atoms with Gasteiger partial charge in [0, 0.05) is 44.2 Å². The van der Waals surface area contributed by atoms with E-state index in [1.807, 2.05) is 29.8 Å². The highest BCUT2D eigenvalue weighted by Crippen LogP contribution is 2.43. The molecule has 0 radical (unpaired) electrons. The lowest BCUT2D eigenvalue weighted by Gasteiger charge is -2.47. The predicted octanol–water partition coefficient (Wildman–Crippen LogP) is 1.35. The molecule has 2 fully saturated rings. The molecule has 1 saturated heterocycles. The maximum absolute atomic E-state index is 12.6. The number of hydrogen-bond acceptors (Lipinski definition) is 4. The Balaban J connectivity index is 1.51. The van der Waals surface area contributed by atoms with Crippen molar-refractivity contribution in [3.8, 4) is 0 Å². The molecule has 0 unspecified atom stereocenters. The Morgan fingerprint density at radius 1 is 1.52 bits per heavy atom. The number of nitrogens with zero attached hydrogens (tertiary/aromatic N) is 2. The molecular formula is C17H21N3O3. The second-order valence-corrected chi connectivity index (χ2v) is 6.47. The maximum Gasteiger partial charge on any atom is 0.251 e. The van der Waals surface area contributed by atoms with Crippen molar-refractivity contribution in [3.05, 3.63) is 30.1 Å². The third-order valence-corrected chi connectivity index (χ3v) is 5.17. The van der Waals surface area contributed by atoms with Gasteiger partial charge in [0.2, 0.25) is 0 Å². The number of carbonyl (C=O) groups is 1. The van der Waals surface area contributed by atoms with Crippen LogP contribution in [-0.2, 0) is 16.5 Å². The van der Waals surface area contributed by atoms with Gasteiger partial charge in [0.15, 0.2) is 0 Å². The molecule has 1 aliphatic carbocycles. The zero-order chi connectivity index (χ0) is 16.0.